The van der Waals surface area contributed by atoms with Gasteiger partial charge in [0.2, 0.25) is 11.8 Å². The van der Waals surface area contributed by atoms with Crippen LogP contribution in [0.4, 0.5) is 0 Å². The highest BCUT2D eigenvalue weighted by atomic mass is 16.2. The van der Waals surface area contributed by atoms with E-state index < -0.39 is 0 Å². The first-order valence-corrected chi connectivity index (χ1v) is 6.66. The van der Waals surface area contributed by atoms with Gasteiger partial charge in [0, 0.05) is 6.04 Å². The molecule has 1 saturated heterocycles. The van der Waals surface area contributed by atoms with E-state index in [1.54, 1.807) is 4.90 Å². The van der Waals surface area contributed by atoms with Gasteiger partial charge in [-0.2, -0.15) is 0 Å². The summed E-state index contributed by atoms with van der Waals surface area (Å²) < 4.78 is 0. The topological polar surface area (TPSA) is 37.4 Å². The van der Waals surface area contributed by atoms with Crippen LogP contribution in [0.1, 0.15) is 51.4 Å². The molecule has 3 rings (SSSR count). The zero-order valence-electron chi connectivity index (χ0n) is 9.65. The zero-order chi connectivity index (χ0) is 11.1. The van der Waals surface area contributed by atoms with Crippen LogP contribution in [0.2, 0.25) is 0 Å². The minimum Gasteiger partial charge on any atom is -0.279 e. The van der Waals surface area contributed by atoms with Crippen LogP contribution in [0.25, 0.3) is 0 Å². The molecule has 3 heteroatoms. The number of rotatable bonds is 1. The van der Waals surface area contributed by atoms with Gasteiger partial charge in [-0.3, -0.25) is 14.5 Å². The van der Waals surface area contributed by atoms with Gasteiger partial charge in [0.15, 0.2) is 0 Å². The molecule has 2 unspecified atom stereocenters. The van der Waals surface area contributed by atoms with Crippen LogP contribution >= 0.6 is 0 Å². The molecule has 3 nitrogen and oxygen atoms in total. The lowest BCUT2D eigenvalue weighted by Gasteiger charge is -2.22. The molecule has 0 aromatic carbocycles. The molecule has 0 aromatic heterocycles. The fourth-order valence-corrected chi connectivity index (χ4v) is 3.71. The predicted molar refractivity (Wildman–Crippen MR) is 59.6 cm³/mol. The molecule has 3 fully saturated rings. The molecular weight excluding hydrogens is 202 g/mol. The van der Waals surface area contributed by atoms with Crippen molar-refractivity contribution >= 4 is 11.8 Å². The first-order valence-electron chi connectivity index (χ1n) is 6.66. The van der Waals surface area contributed by atoms with Crippen LogP contribution in [-0.4, -0.2) is 22.8 Å². The Balaban J connectivity index is 1.83. The number of fused-ring (bicyclic) bond motifs is 1. The summed E-state index contributed by atoms with van der Waals surface area (Å²) in [5.74, 6) is 0.395. The predicted octanol–water partition coefficient (Wildman–Crippen LogP) is 2.10. The van der Waals surface area contributed by atoms with Crippen molar-refractivity contribution in [2.24, 2.45) is 11.8 Å². The van der Waals surface area contributed by atoms with E-state index in [1.165, 1.54) is 12.8 Å². The van der Waals surface area contributed by atoms with E-state index in [-0.39, 0.29) is 29.7 Å². The summed E-state index contributed by atoms with van der Waals surface area (Å²) in [6.45, 7) is 0. The second-order valence-corrected chi connectivity index (χ2v) is 5.48. The van der Waals surface area contributed by atoms with Gasteiger partial charge in [-0.05, 0) is 25.7 Å². The average Bonchev–Trinajstić information content (AvgIpc) is 2.89. The van der Waals surface area contributed by atoms with Crippen LogP contribution in [0, 0.1) is 11.8 Å². The van der Waals surface area contributed by atoms with Crippen LogP contribution in [0.15, 0.2) is 0 Å². The van der Waals surface area contributed by atoms with Crippen molar-refractivity contribution in [1.29, 1.82) is 0 Å². The largest absolute Gasteiger partial charge is 0.279 e. The van der Waals surface area contributed by atoms with Crippen molar-refractivity contribution in [2.75, 3.05) is 0 Å². The lowest BCUT2D eigenvalue weighted by molar-refractivity contribution is -0.142. The highest BCUT2D eigenvalue weighted by Crippen LogP contribution is 2.40. The van der Waals surface area contributed by atoms with E-state index in [1.807, 2.05) is 0 Å². The summed E-state index contributed by atoms with van der Waals surface area (Å²) in [6, 6.07) is 0.241. The Bertz CT molecular complexity index is 296. The monoisotopic (exact) mass is 221 g/mol. The summed E-state index contributed by atoms with van der Waals surface area (Å²) in [4.78, 5) is 26.1. The summed E-state index contributed by atoms with van der Waals surface area (Å²) in [7, 11) is 0. The summed E-state index contributed by atoms with van der Waals surface area (Å²) in [6.07, 6.45) is 8.57. The smallest absolute Gasteiger partial charge is 0.233 e. The van der Waals surface area contributed by atoms with Crippen LogP contribution < -0.4 is 0 Å². The Morgan fingerprint density at radius 2 is 1.19 bits per heavy atom. The first-order chi connectivity index (χ1) is 7.79. The van der Waals surface area contributed by atoms with Crippen molar-refractivity contribution in [1.82, 2.24) is 4.90 Å². The molecule has 2 atom stereocenters. The Morgan fingerprint density at radius 1 is 0.750 bits per heavy atom. The molecule has 88 valence electrons. The second kappa shape index (κ2) is 3.86. The Morgan fingerprint density at radius 3 is 1.69 bits per heavy atom. The maximum Gasteiger partial charge on any atom is 0.233 e. The third-order valence-corrected chi connectivity index (χ3v) is 4.57. The van der Waals surface area contributed by atoms with Crippen molar-refractivity contribution in [2.45, 2.75) is 57.4 Å². The van der Waals surface area contributed by atoms with E-state index in [0.717, 1.165) is 38.5 Å². The maximum atomic E-state index is 12.2. The molecule has 0 spiro atoms. The number of nitrogens with zero attached hydrogens (tertiary/aromatic N) is 1. The number of carbonyl (C=O) groups is 2. The van der Waals surface area contributed by atoms with Gasteiger partial charge >= 0.3 is 0 Å². The Kier molecular flexibility index (Phi) is 2.49. The van der Waals surface area contributed by atoms with Gasteiger partial charge in [-0.15, -0.1) is 0 Å². The SMILES string of the molecule is O=C1C2CCCCC2C(=O)N1C1CCCC1. The number of amides is 2. The molecular formula is C13H19NO2. The summed E-state index contributed by atoms with van der Waals surface area (Å²) >= 11 is 0. The minimum atomic E-state index is 0.0434. The molecule has 0 bridgehead atoms. The van der Waals surface area contributed by atoms with E-state index >= 15 is 0 Å². The van der Waals surface area contributed by atoms with Crippen molar-refractivity contribution < 1.29 is 9.59 Å². The number of likely N-dealkylation sites (tertiary alicyclic amines) is 1. The molecule has 0 N–H and O–H groups in total. The van der Waals surface area contributed by atoms with Crippen LogP contribution in [0.5, 0.6) is 0 Å². The average molecular weight is 221 g/mol. The van der Waals surface area contributed by atoms with Crippen molar-refractivity contribution in [3.05, 3.63) is 0 Å². The second-order valence-electron chi connectivity index (χ2n) is 5.48. The van der Waals surface area contributed by atoms with Gasteiger partial charge in [-0.25, -0.2) is 0 Å². The molecule has 1 aliphatic heterocycles. The lowest BCUT2D eigenvalue weighted by atomic mass is 9.81. The maximum absolute atomic E-state index is 12.2. The fraction of sp³-hybridized carbons (Fsp3) is 0.846. The number of hydrogen-bond acceptors (Lipinski definition) is 2. The number of carbonyl (C=O) groups excluding carboxylic acids is 2. The first kappa shape index (κ1) is 10.3. The fourth-order valence-electron chi connectivity index (χ4n) is 3.71. The minimum absolute atomic E-state index is 0.0434. The highest BCUT2D eigenvalue weighted by Gasteiger charge is 2.50. The van der Waals surface area contributed by atoms with E-state index in [2.05, 4.69) is 0 Å². The van der Waals surface area contributed by atoms with Gasteiger partial charge in [0.25, 0.3) is 0 Å². The van der Waals surface area contributed by atoms with Gasteiger partial charge < -0.3 is 0 Å². The quantitative estimate of drug-likeness (QED) is 0.636. The lowest BCUT2D eigenvalue weighted by Crippen LogP contribution is -2.39. The molecule has 3 aliphatic rings. The van der Waals surface area contributed by atoms with E-state index in [0.29, 0.717) is 0 Å². The molecule has 2 aliphatic carbocycles. The highest BCUT2D eigenvalue weighted by molar-refractivity contribution is 6.05. The van der Waals surface area contributed by atoms with Crippen LogP contribution in [-0.2, 0) is 9.59 Å². The standard InChI is InChI=1S/C13H19NO2/c15-12-10-7-3-4-8-11(10)13(16)14(12)9-5-1-2-6-9/h9-11H,1-8H2. The van der Waals surface area contributed by atoms with Crippen LogP contribution in [0.3, 0.4) is 0 Å². The Hall–Kier alpha value is -0.860. The number of hydrogen-bond donors (Lipinski definition) is 0. The zero-order valence-corrected chi connectivity index (χ0v) is 9.65. The third-order valence-electron chi connectivity index (χ3n) is 4.57. The molecule has 16 heavy (non-hydrogen) atoms. The molecule has 2 saturated carbocycles. The molecule has 2 amide bonds. The molecule has 0 radical (unpaired) electrons. The van der Waals surface area contributed by atoms with Crippen molar-refractivity contribution in [3.8, 4) is 0 Å². The Labute approximate surface area is 96.2 Å². The number of imide groups is 1. The molecule has 1 heterocycles. The van der Waals surface area contributed by atoms with E-state index in [4.69, 9.17) is 0 Å². The third kappa shape index (κ3) is 1.40. The van der Waals surface area contributed by atoms with Gasteiger partial charge in [-0.1, -0.05) is 25.7 Å². The molecule has 0 aromatic rings. The van der Waals surface area contributed by atoms with Crippen molar-refractivity contribution in [3.63, 3.8) is 0 Å². The summed E-state index contributed by atoms with van der Waals surface area (Å²) in [5, 5.41) is 0. The van der Waals surface area contributed by atoms with E-state index in [9.17, 15) is 9.59 Å². The summed E-state index contributed by atoms with van der Waals surface area (Å²) in [5.41, 5.74) is 0. The normalized spacial score (nSPS) is 35.9. The van der Waals surface area contributed by atoms with Gasteiger partial charge in [0.1, 0.15) is 0 Å². The van der Waals surface area contributed by atoms with Gasteiger partial charge in [0.05, 0.1) is 11.8 Å².